The number of hydrogen-bond acceptors (Lipinski definition) is 7. The van der Waals surface area contributed by atoms with Crippen LogP contribution in [0.15, 0.2) is 23.0 Å². The molecule has 1 amide bonds. The van der Waals surface area contributed by atoms with Crippen molar-refractivity contribution >= 4 is 11.6 Å². The van der Waals surface area contributed by atoms with Crippen molar-refractivity contribution in [1.82, 2.24) is 15.2 Å². The third-order valence-electron chi connectivity index (χ3n) is 8.10. The van der Waals surface area contributed by atoms with E-state index >= 15 is 0 Å². The number of aromatic amines is 1. The van der Waals surface area contributed by atoms with E-state index in [9.17, 15) is 9.59 Å². The summed E-state index contributed by atoms with van der Waals surface area (Å²) in [6.07, 6.45) is 4.42. The number of benzene rings is 1. The summed E-state index contributed by atoms with van der Waals surface area (Å²) in [6, 6.07) is 6.71. The van der Waals surface area contributed by atoms with E-state index in [1.54, 1.807) is 20.3 Å². The Morgan fingerprint density at radius 1 is 1.00 bits per heavy atom. The fraction of sp³-hybridized carbons (Fsp3) is 0.613. The van der Waals surface area contributed by atoms with E-state index in [1.807, 2.05) is 26.8 Å². The minimum absolute atomic E-state index is 0.155. The molecule has 1 fully saturated rings. The van der Waals surface area contributed by atoms with Gasteiger partial charge in [0.1, 0.15) is 12.4 Å². The van der Waals surface area contributed by atoms with Gasteiger partial charge in [0.15, 0.2) is 0 Å². The van der Waals surface area contributed by atoms with Gasteiger partial charge >= 0.3 is 0 Å². The second kappa shape index (κ2) is 15.2. The number of methoxy groups -OCH3 is 2. The number of aryl methyl sites for hydroxylation is 2. The Bertz CT molecular complexity index is 1170. The first-order valence-corrected chi connectivity index (χ1v) is 14.4. The lowest BCUT2D eigenvalue weighted by molar-refractivity contribution is 0.0949. The molecule has 1 aliphatic rings. The molecular weight excluding hydrogens is 508 g/mol. The summed E-state index contributed by atoms with van der Waals surface area (Å²) < 4.78 is 16.4. The number of amides is 1. The van der Waals surface area contributed by atoms with Gasteiger partial charge in [0, 0.05) is 74.5 Å². The highest BCUT2D eigenvalue weighted by Gasteiger charge is 2.29. The molecule has 0 spiro atoms. The third kappa shape index (κ3) is 8.08. The molecule has 1 aromatic carbocycles. The first-order valence-electron chi connectivity index (χ1n) is 14.4. The molecule has 2 N–H and O–H groups in total. The molecular formula is C31H48N4O5. The van der Waals surface area contributed by atoms with E-state index in [0.717, 1.165) is 67.9 Å². The van der Waals surface area contributed by atoms with Gasteiger partial charge in [-0.25, -0.2) is 0 Å². The molecule has 0 radical (unpaired) electrons. The lowest BCUT2D eigenvalue weighted by atomic mass is 9.88. The maximum absolute atomic E-state index is 13.5. The predicted octanol–water partition coefficient (Wildman–Crippen LogP) is 3.97. The number of nitrogens with one attached hydrogen (secondary N) is 2. The second-order valence-electron chi connectivity index (χ2n) is 10.8. The van der Waals surface area contributed by atoms with Gasteiger partial charge < -0.3 is 34.3 Å². The van der Waals surface area contributed by atoms with Gasteiger partial charge in [0.2, 0.25) is 0 Å². The topological polar surface area (TPSA) is 96.1 Å². The molecule has 2 aromatic rings. The first kappa shape index (κ1) is 31.6. The Morgan fingerprint density at radius 2 is 1.68 bits per heavy atom. The summed E-state index contributed by atoms with van der Waals surface area (Å²) in [5, 5.41) is 2.98. The molecule has 0 bridgehead atoms. The van der Waals surface area contributed by atoms with Crippen molar-refractivity contribution in [3.63, 3.8) is 0 Å². The zero-order valence-corrected chi connectivity index (χ0v) is 25.4. The minimum atomic E-state index is -0.227. The fourth-order valence-corrected chi connectivity index (χ4v) is 5.75. The minimum Gasteiger partial charge on any atom is -0.491 e. The number of hydrogen-bond donors (Lipinski definition) is 2. The van der Waals surface area contributed by atoms with Gasteiger partial charge in [-0.1, -0.05) is 0 Å². The van der Waals surface area contributed by atoms with Crippen molar-refractivity contribution in [2.45, 2.75) is 72.0 Å². The number of aromatic nitrogens is 1. The van der Waals surface area contributed by atoms with Gasteiger partial charge in [0.05, 0.1) is 13.2 Å². The van der Waals surface area contributed by atoms with Gasteiger partial charge in [-0.05, 0) is 83.7 Å². The van der Waals surface area contributed by atoms with Crippen molar-refractivity contribution in [2.24, 2.45) is 0 Å². The highest BCUT2D eigenvalue weighted by atomic mass is 16.5. The van der Waals surface area contributed by atoms with Crippen LogP contribution in [-0.4, -0.2) is 82.1 Å². The Kier molecular flexibility index (Phi) is 12.0. The summed E-state index contributed by atoms with van der Waals surface area (Å²) in [4.78, 5) is 33.7. The molecule has 1 aliphatic carbocycles. The Labute approximate surface area is 239 Å². The van der Waals surface area contributed by atoms with E-state index in [1.165, 1.54) is 0 Å². The van der Waals surface area contributed by atoms with Gasteiger partial charge in [-0.15, -0.1) is 0 Å². The average Bonchev–Trinajstić information content (AvgIpc) is 2.93. The largest absolute Gasteiger partial charge is 0.491 e. The van der Waals surface area contributed by atoms with E-state index in [4.69, 9.17) is 14.2 Å². The summed E-state index contributed by atoms with van der Waals surface area (Å²) in [7, 11) is 5.57. The molecule has 222 valence electrons. The molecule has 9 heteroatoms. The molecule has 0 aliphatic heterocycles. The molecule has 9 nitrogen and oxygen atoms in total. The van der Waals surface area contributed by atoms with Gasteiger partial charge in [-0.3, -0.25) is 9.59 Å². The maximum atomic E-state index is 13.5. The van der Waals surface area contributed by atoms with Crippen molar-refractivity contribution in [2.75, 3.05) is 59.1 Å². The lowest BCUT2D eigenvalue weighted by Crippen LogP contribution is -2.44. The van der Waals surface area contributed by atoms with E-state index in [0.29, 0.717) is 42.2 Å². The summed E-state index contributed by atoms with van der Waals surface area (Å²) in [5.74, 6) is 0.411. The number of carbonyl (C=O) groups excluding carboxylic acids is 1. The number of nitrogens with zero attached hydrogens (tertiary/aromatic N) is 2. The summed E-state index contributed by atoms with van der Waals surface area (Å²) >= 11 is 0. The summed E-state index contributed by atoms with van der Waals surface area (Å²) in [5.41, 5.74) is 4.53. The normalized spacial score (nSPS) is 17.2. The molecule has 3 rings (SSSR count). The highest BCUT2D eigenvalue weighted by Crippen LogP contribution is 2.35. The van der Waals surface area contributed by atoms with Gasteiger partial charge in [-0.2, -0.15) is 0 Å². The number of rotatable bonds is 14. The van der Waals surface area contributed by atoms with Gasteiger partial charge in [0.25, 0.3) is 11.5 Å². The molecule has 0 saturated heterocycles. The molecule has 0 atom stereocenters. The Morgan fingerprint density at radius 3 is 2.30 bits per heavy atom. The lowest BCUT2D eigenvalue weighted by Gasteiger charge is -2.41. The maximum Gasteiger partial charge on any atom is 0.253 e. The van der Waals surface area contributed by atoms with Crippen LogP contribution in [0.4, 0.5) is 5.69 Å². The van der Waals surface area contributed by atoms with Crippen LogP contribution in [-0.2, 0) is 16.0 Å². The van der Waals surface area contributed by atoms with Crippen molar-refractivity contribution in [3.8, 4) is 5.75 Å². The van der Waals surface area contributed by atoms with Crippen molar-refractivity contribution in [1.29, 1.82) is 0 Å². The number of ether oxygens (including phenoxy) is 3. The van der Waals surface area contributed by atoms with Crippen LogP contribution in [0.1, 0.15) is 65.3 Å². The van der Waals surface area contributed by atoms with E-state index < -0.39 is 0 Å². The zero-order chi connectivity index (χ0) is 29.2. The van der Waals surface area contributed by atoms with Crippen molar-refractivity contribution < 1.29 is 19.0 Å². The van der Waals surface area contributed by atoms with Crippen LogP contribution in [0.2, 0.25) is 0 Å². The third-order valence-corrected chi connectivity index (χ3v) is 8.10. The number of likely N-dealkylation sites (N-methyl/N-ethyl adjacent to an activating group) is 1. The molecule has 40 heavy (non-hydrogen) atoms. The number of pyridine rings is 1. The number of H-pyrrole nitrogens is 1. The van der Waals surface area contributed by atoms with Crippen LogP contribution in [0.25, 0.3) is 0 Å². The molecule has 1 saturated carbocycles. The molecule has 1 heterocycles. The quantitative estimate of drug-likeness (QED) is 0.340. The SMILES string of the molecule is CCN(c1cc(OCCOC)cc(C(=O)NCc2c(C)cc(C)[nH]c2=O)c1C)C1CCC(N(C)CCOC)CC1. The van der Waals surface area contributed by atoms with Crippen LogP contribution in [0.3, 0.4) is 0 Å². The average molecular weight is 557 g/mol. The standard InChI is InChI=1S/C31H48N4O5/c1-8-35(25-11-9-24(10-12-25)34(5)13-14-38-6)29-19-26(40-16-15-39-7)18-27(23(29)4)30(36)32-20-28-21(2)17-22(3)33-31(28)37/h17-19,24-25H,8-16,20H2,1-7H3,(H,32,36)(H,33,37). The molecule has 0 unspecified atom stereocenters. The Balaban J connectivity index is 1.84. The first-order chi connectivity index (χ1) is 19.2. The number of anilines is 1. The fourth-order valence-electron chi connectivity index (χ4n) is 5.75. The van der Waals surface area contributed by atoms with Crippen LogP contribution < -0.4 is 20.5 Å². The van der Waals surface area contributed by atoms with E-state index in [-0.39, 0.29) is 18.0 Å². The number of carbonyl (C=O) groups is 1. The predicted molar refractivity (Wildman–Crippen MR) is 160 cm³/mol. The van der Waals surface area contributed by atoms with Crippen LogP contribution >= 0.6 is 0 Å². The smallest absolute Gasteiger partial charge is 0.253 e. The Hall–Kier alpha value is -2.88. The highest BCUT2D eigenvalue weighted by molar-refractivity contribution is 5.97. The molecule has 1 aromatic heterocycles. The summed E-state index contributed by atoms with van der Waals surface area (Å²) in [6.45, 7) is 11.4. The van der Waals surface area contributed by atoms with Crippen LogP contribution in [0.5, 0.6) is 5.75 Å². The second-order valence-corrected chi connectivity index (χ2v) is 10.8. The van der Waals surface area contributed by atoms with E-state index in [2.05, 4.69) is 40.1 Å². The monoisotopic (exact) mass is 556 g/mol. The van der Waals surface area contributed by atoms with Crippen LogP contribution in [0, 0.1) is 20.8 Å². The zero-order valence-electron chi connectivity index (χ0n) is 25.4. The van der Waals surface area contributed by atoms with Crippen molar-refractivity contribution in [3.05, 3.63) is 56.5 Å².